The Bertz CT molecular complexity index is 637. The molecule has 0 heterocycles. The van der Waals surface area contributed by atoms with Crippen molar-refractivity contribution in [2.75, 3.05) is 33.5 Å². The molecule has 0 atom stereocenters. The van der Waals surface area contributed by atoms with E-state index in [4.69, 9.17) is 30.9 Å². The lowest BCUT2D eigenvalue weighted by molar-refractivity contribution is 0.0938. The lowest BCUT2D eigenvalue weighted by atomic mass is 10.2. The van der Waals surface area contributed by atoms with E-state index in [9.17, 15) is 0 Å². The zero-order valence-electron chi connectivity index (χ0n) is 14.3. The number of methoxy groups -OCH3 is 1. The Balaban J connectivity index is 1.92. The second kappa shape index (κ2) is 10.9. The summed E-state index contributed by atoms with van der Waals surface area (Å²) in [6.45, 7) is 2.69. The van der Waals surface area contributed by atoms with Crippen LogP contribution in [0.3, 0.4) is 0 Å². The number of hydrogen-bond donors (Lipinski definition) is 2. The van der Waals surface area contributed by atoms with Crippen molar-refractivity contribution in [3.05, 3.63) is 58.6 Å². The second-order valence-corrected chi connectivity index (χ2v) is 5.80. The number of halogens is 1. The molecule has 0 unspecified atom stereocenters. The van der Waals surface area contributed by atoms with Gasteiger partial charge in [0.25, 0.3) is 0 Å². The lowest BCUT2D eigenvalue weighted by Gasteiger charge is -2.15. The van der Waals surface area contributed by atoms with Crippen molar-refractivity contribution in [1.29, 1.82) is 0 Å². The Morgan fingerprint density at radius 1 is 1.08 bits per heavy atom. The minimum atomic E-state index is 0.0389. The molecule has 0 aromatic heterocycles. The molecule has 0 spiro atoms. The summed E-state index contributed by atoms with van der Waals surface area (Å²) in [5, 5.41) is 12.4. The van der Waals surface area contributed by atoms with Crippen LogP contribution in [0.1, 0.15) is 11.1 Å². The molecule has 0 aliphatic heterocycles. The fraction of sp³-hybridized carbons (Fsp3) is 0.368. The molecular weight excluding hydrogens is 342 g/mol. The van der Waals surface area contributed by atoms with Crippen LogP contribution < -0.4 is 14.8 Å². The smallest absolute Gasteiger partial charge is 0.180 e. The highest BCUT2D eigenvalue weighted by Gasteiger charge is 2.12. The summed E-state index contributed by atoms with van der Waals surface area (Å²) in [5.74, 6) is 1.15. The largest absolute Gasteiger partial charge is 0.493 e. The molecule has 0 amide bonds. The van der Waals surface area contributed by atoms with Gasteiger partial charge in [-0.3, -0.25) is 0 Å². The van der Waals surface area contributed by atoms with Gasteiger partial charge >= 0.3 is 0 Å². The van der Waals surface area contributed by atoms with Crippen molar-refractivity contribution >= 4 is 11.6 Å². The monoisotopic (exact) mass is 365 g/mol. The van der Waals surface area contributed by atoms with Crippen LogP contribution in [0.15, 0.2) is 42.5 Å². The Morgan fingerprint density at radius 3 is 2.60 bits per heavy atom. The Kier molecular flexibility index (Phi) is 8.55. The van der Waals surface area contributed by atoms with Crippen molar-refractivity contribution in [1.82, 2.24) is 5.32 Å². The van der Waals surface area contributed by atoms with E-state index < -0.39 is 0 Å². The molecule has 25 heavy (non-hydrogen) atoms. The van der Waals surface area contributed by atoms with Crippen molar-refractivity contribution < 1.29 is 19.3 Å². The first-order valence-electron chi connectivity index (χ1n) is 8.17. The molecule has 136 valence electrons. The van der Waals surface area contributed by atoms with Crippen molar-refractivity contribution in [3.8, 4) is 11.5 Å². The minimum absolute atomic E-state index is 0.0389. The molecule has 0 saturated carbocycles. The van der Waals surface area contributed by atoms with Gasteiger partial charge in [0.05, 0.1) is 32.0 Å². The lowest BCUT2D eigenvalue weighted by Crippen LogP contribution is -2.20. The Labute approximate surface area is 153 Å². The van der Waals surface area contributed by atoms with Crippen molar-refractivity contribution in [2.45, 2.75) is 13.2 Å². The van der Waals surface area contributed by atoms with Gasteiger partial charge in [0.1, 0.15) is 6.61 Å². The van der Waals surface area contributed by atoms with E-state index in [1.807, 2.05) is 42.5 Å². The molecule has 2 rings (SSSR count). The summed E-state index contributed by atoms with van der Waals surface area (Å²) in [6.07, 6.45) is 0. The normalized spacial score (nSPS) is 10.7. The van der Waals surface area contributed by atoms with E-state index in [2.05, 4.69) is 5.32 Å². The zero-order chi connectivity index (χ0) is 17.9. The standard InChI is InChI=1S/C19H24ClNO4/c1-23-18-12-16(13-21-7-9-24-10-8-22)11-17(20)19(18)25-14-15-5-3-2-4-6-15/h2-6,11-12,21-22H,7-10,13-14H2,1H3. The number of aliphatic hydroxyl groups is 1. The number of benzene rings is 2. The molecule has 0 saturated heterocycles. The summed E-state index contributed by atoms with van der Waals surface area (Å²) >= 11 is 6.38. The van der Waals surface area contributed by atoms with Gasteiger partial charge in [-0.15, -0.1) is 0 Å². The van der Waals surface area contributed by atoms with Crippen LogP contribution >= 0.6 is 11.6 Å². The molecular formula is C19H24ClNO4. The fourth-order valence-electron chi connectivity index (χ4n) is 2.29. The molecule has 2 N–H and O–H groups in total. The molecule has 0 bridgehead atoms. The van der Waals surface area contributed by atoms with Crippen LogP contribution in [0.5, 0.6) is 11.5 Å². The molecule has 0 aliphatic carbocycles. The van der Waals surface area contributed by atoms with Crippen LogP contribution in [0.25, 0.3) is 0 Å². The van der Waals surface area contributed by atoms with Crippen LogP contribution in [0.4, 0.5) is 0 Å². The SMILES string of the molecule is COc1cc(CNCCOCCO)cc(Cl)c1OCc1ccccc1. The average molecular weight is 366 g/mol. The fourth-order valence-corrected chi connectivity index (χ4v) is 2.58. The van der Waals surface area contributed by atoms with E-state index in [0.29, 0.717) is 49.4 Å². The topological polar surface area (TPSA) is 60.0 Å². The zero-order valence-corrected chi connectivity index (χ0v) is 15.1. The highest BCUT2D eigenvalue weighted by molar-refractivity contribution is 6.32. The van der Waals surface area contributed by atoms with Crippen LogP contribution in [-0.4, -0.2) is 38.6 Å². The first kappa shape index (κ1) is 19.5. The summed E-state index contributed by atoms with van der Waals surface area (Å²) in [4.78, 5) is 0. The molecule has 0 fully saturated rings. The van der Waals surface area contributed by atoms with Crippen molar-refractivity contribution in [3.63, 3.8) is 0 Å². The number of hydrogen-bond acceptors (Lipinski definition) is 5. The number of nitrogens with one attached hydrogen (secondary N) is 1. The Morgan fingerprint density at radius 2 is 1.88 bits per heavy atom. The maximum Gasteiger partial charge on any atom is 0.180 e. The van der Waals surface area contributed by atoms with E-state index in [-0.39, 0.29) is 6.61 Å². The summed E-state index contributed by atoms with van der Waals surface area (Å²) in [6, 6.07) is 13.7. The average Bonchev–Trinajstić information content (AvgIpc) is 2.64. The highest BCUT2D eigenvalue weighted by atomic mass is 35.5. The van der Waals surface area contributed by atoms with Gasteiger partial charge in [-0.05, 0) is 23.3 Å². The van der Waals surface area contributed by atoms with Gasteiger partial charge in [-0.2, -0.15) is 0 Å². The summed E-state index contributed by atoms with van der Waals surface area (Å²) < 4.78 is 16.5. The second-order valence-electron chi connectivity index (χ2n) is 5.40. The third-order valence-corrected chi connectivity index (χ3v) is 3.78. The third-order valence-electron chi connectivity index (χ3n) is 3.50. The van der Waals surface area contributed by atoms with Gasteiger partial charge in [-0.25, -0.2) is 0 Å². The van der Waals surface area contributed by atoms with Gasteiger partial charge < -0.3 is 24.6 Å². The number of rotatable bonds is 11. The summed E-state index contributed by atoms with van der Waals surface area (Å²) in [7, 11) is 1.60. The molecule has 0 aliphatic rings. The molecule has 5 nitrogen and oxygen atoms in total. The highest BCUT2D eigenvalue weighted by Crippen LogP contribution is 2.36. The van der Waals surface area contributed by atoms with Gasteiger partial charge in [0.15, 0.2) is 11.5 Å². The predicted molar refractivity (Wildman–Crippen MR) is 98.4 cm³/mol. The van der Waals surface area contributed by atoms with Crippen LogP contribution in [0, 0.1) is 0 Å². The number of aliphatic hydroxyl groups excluding tert-OH is 1. The van der Waals surface area contributed by atoms with E-state index in [1.54, 1.807) is 7.11 Å². The van der Waals surface area contributed by atoms with Crippen LogP contribution in [-0.2, 0) is 17.9 Å². The maximum atomic E-state index is 8.65. The minimum Gasteiger partial charge on any atom is -0.493 e. The van der Waals surface area contributed by atoms with E-state index >= 15 is 0 Å². The van der Waals surface area contributed by atoms with E-state index in [1.165, 1.54) is 0 Å². The summed E-state index contributed by atoms with van der Waals surface area (Å²) in [5.41, 5.74) is 2.06. The molecule has 6 heteroatoms. The number of ether oxygens (including phenoxy) is 3. The third kappa shape index (κ3) is 6.55. The van der Waals surface area contributed by atoms with Gasteiger partial charge in [0, 0.05) is 13.1 Å². The van der Waals surface area contributed by atoms with Gasteiger partial charge in [-0.1, -0.05) is 41.9 Å². The van der Waals surface area contributed by atoms with Crippen LogP contribution in [0.2, 0.25) is 5.02 Å². The first-order chi connectivity index (χ1) is 12.2. The Hall–Kier alpha value is -1.79. The van der Waals surface area contributed by atoms with E-state index in [0.717, 1.165) is 11.1 Å². The maximum absolute atomic E-state index is 8.65. The predicted octanol–water partition coefficient (Wildman–Crippen LogP) is 3.03. The van der Waals surface area contributed by atoms with Gasteiger partial charge in [0.2, 0.25) is 0 Å². The molecule has 2 aromatic rings. The quantitative estimate of drug-likeness (QED) is 0.599. The van der Waals surface area contributed by atoms with Crippen molar-refractivity contribution in [2.24, 2.45) is 0 Å². The molecule has 2 aromatic carbocycles. The first-order valence-corrected chi connectivity index (χ1v) is 8.55. The molecule has 0 radical (unpaired) electrons.